The van der Waals surface area contributed by atoms with Gasteiger partial charge in [-0.3, -0.25) is 14.2 Å². The Morgan fingerprint density at radius 2 is 1.63 bits per heavy atom. The van der Waals surface area contributed by atoms with E-state index in [0.717, 1.165) is 23.4 Å². The molecule has 0 fully saturated rings. The first kappa shape index (κ1) is 24.2. The van der Waals surface area contributed by atoms with Crippen LogP contribution in [-0.2, 0) is 16.0 Å². The van der Waals surface area contributed by atoms with Gasteiger partial charge in [-0.25, -0.2) is 4.39 Å². The molecule has 2 N–H and O–H groups in total. The zero-order valence-corrected chi connectivity index (χ0v) is 19.9. The van der Waals surface area contributed by atoms with Crippen molar-refractivity contribution in [3.63, 3.8) is 0 Å². The first-order chi connectivity index (χ1) is 17.0. The number of amides is 2. The van der Waals surface area contributed by atoms with Crippen LogP contribution in [0, 0.1) is 5.82 Å². The zero-order valence-electron chi connectivity index (χ0n) is 19.1. The molecule has 0 aliphatic heterocycles. The van der Waals surface area contributed by atoms with E-state index in [4.69, 9.17) is 0 Å². The second-order valence-electron chi connectivity index (χ2n) is 7.61. The van der Waals surface area contributed by atoms with E-state index in [0.29, 0.717) is 16.5 Å². The minimum atomic E-state index is -0.340. The number of thioether (sulfide) groups is 1. The van der Waals surface area contributed by atoms with Gasteiger partial charge in [-0.05, 0) is 54.4 Å². The largest absolute Gasteiger partial charge is 0.346 e. The van der Waals surface area contributed by atoms with Gasteiger partial charge < -0.3 is 10.6 Å². The van der Waals surface area contributed by atoms with Gasteiger partial charge in [0.05, 0.1) is 12.3 Å². The van der Waals surface area contributed by atoms with E-state index >= 15 is 0 Å². The molecule has 0 unspecified atom stereocenters. The second-order valence-corrected chi connectivity index (χ2v) is 8.55. The summed E-state index contributed by atoms with van der Waals surface area (Å²) in [6, 6.07) is 23.0. The van der Waals surface area contributed by atoms with Crippen molar-refractivity contribution in [3.05, 3.63) is 90.2 Å². The fourth-order valence-electron chi connectivity index (χ4n) is 3.46. The van der Waals surface area contributed by atoms with Crippen molar-refractivity contribution in [2.24, 2.45) is 0 Å². The third kappa shape index (κ3) is 6.13. The molecule has 35 heavy (non-hydrogen) atoms. The molecule has 178 valence electrons. The summed E-state index contributed by atoms with van der Waals surface area (Å²) in [6.45, 7) is 1.88. The van der Waals surface area contributed by atoms with Crippen molar-refractivity contribution in [2.45, 2.75) is 18.5 Å². The van der Waals surface area contributed by atoms with E-state index in [2.05, 4.69) is 20.8 Å². The summed E-state index contributed by atoms with van der Waals surface area (Å²) in [4.78, 5) is 24.7. The minimum Gasteiger partial charge on any atom is -0.346 e. The molecule has 0 saturated carbocycles. The number of hydrogen-bond donors (Lipinski definition) is 2. The predicted octanol–water partition coefficient (Wildman–Crippen LogP) is 4.48. The lowest BCUT2D eigenvalue weighted by Gasteiger charge is -2.11. The number of nitrogens with zero attached hydrogens (tertiary/aromatic N) is 3. The smallest absolute Gasteiger partial charge is 0.243 e. The Hall–Kier alpha value is -3.98. The highest BCUT2D eigenvalue weighted by molar-refractivity contribution is 7.99. The highest BCUT2D eigenvalue weighted by Gasteiger charge is 2.17. The molecule has 0 saturated heterocycles. The average molecular weight is 490 g/mol. The summed E-state index contributed by atoms with van der Waals surface area (Å²) in [6.07, 6.45) is 0.793. The number of nitrogens with one attached hydrogen (secondary N) is 2. The van der Waals surface area contributed by atoms with Crippen LogP contribution in [0.25, 0.3) is 17.1 Å². The van der Waals surface area contributed by atoms with E-state index in [-0.39, 0.29) is 29.9 Å². The van der Waals surface area contributed by atoms with Crippen LogP contribution in [0.3, 0.4) is 0 Å². The summed E-state index contributed by atoms with van der Waals surface area (Å²) >= 11 is 1.20. The van der Waals surface area contributed by atoms with Crippen molar-refractivity contribution in [1.29, 1.82) is 0 Å². The highest BCUT2D eigenvalue weighted by Crippen LogP contribution is 2.28. The number of rotatable bonds is 9. The molecule has 3 aromatic carbocycles. The van der Waals surface area contributed by atoms with Gasteiger partial charge in [0.25, 0.3) is 0 Å². The molecular formula is C26H24FN5O2S. The van der Waals surface area contributed by atoms with E-state index in [9.17, 15) is 14.0 Å². The summed E-state index contributed by atoms with van der Waals surface area (Å²) in [7, 11) is 0. The second kappa shape index (κ2) is 11.4. The lowest BCUT2D eigenvalue weighted by Crippen LogP contribution is -2.34. The highest BCUT2D eigenvalue weighted by atomic mass is 32.2. The van der Waals surface area contributed by atoms with Crippen LogP contribution in [0.15, 0.2) is 84.0 Å². The van der Waals surface area contributed by atoms with E-state index in [1.807, 2.05) is 66.1 Å². The molecule has 4 aromatic rings. The fraction of sp³-hybridized carbons (Fsp3) is 0.154. The molecule has 0 aliphatic rings. The Kier molecular flexibility index (Phi) is 7.89. The molecule has 0 aliphatic carbocycles. The maximum absolute atomic E-state index is 13.4. The molecule has 0 atom stereocenters. The maximum atomic E-state index is 13.4. The normalized spacial score (nSPS) is 10.7. The van der Waals surface area contributed by atoms with Gasteiger partial charge in [-0.15, -0.1) is 10.2 Å². The standard InChI is InChI=1S/C26H24FN5O2S/c1-2-18-8-6-7-11-22(18)29-23(33)16-28-24(34)17-35-26-31-30-25(19-12-14-20(27)15-13-19)32(26)21-9-4-3-5-10-21/h3-15H,2,16-17H2,1H3,(H,28,34)(H,29,33). The van der Waals surface area contributed by atoms with Crippen molar-refractivity contribution < 1.29 is 14.0 Å². The first-order valence-electron chi connectivity index (χ1n) is 11.1. The van der Waals surface area contributed by atoms with E-state index in [1.165, 1.54) is 23.9 Å². The van der Waals surface area contributed by atoms with Crippen LogP contribution in [0.5, 0.6) is 0 Å². The van der Waals surface area contributed by atoms with Gasteiger partial charge in [0, 0.05) is 16.9 Å². The van der Waals surface area contributed by atoms with Gasteiger partial charge in [0.2, 0.25) is 11.8 Å². The number of halogens is 1. The molecule has 2 amide bonds. The SMILES string of the molecule is CCc1ccccc1NC(=O)CNC(=O)CSc1nnc(-c2ccc(F)cc2)n1-c1ccccc1. The monoisotopic (exact) mass is 489 g/mol. The number of carbonyl (C=O) groups excluding carboxylic acids is 2. The Balaban J connectivity index is 1.41. The number of aromatic nitrogens is 3. The van der Waals surface area contributed by atoms with Crippen LogP contribution in [0.1, 0.15) is 12.5 Å². The van der Waals surface area contributed by atoms with E-state index in [1.54, 1.807) is 12.1 Å². The summed E-state index contributed by atoms with van der Waals surface area (Å²) in [5.41, 5.74) is 3.28. The maximum Gasteiger partial charge on any atom is 0.243 e. The van der Waals surface area contributed by atoms with Gasteiger partial charge in [0.15, 0.2) is 11.0 Å². The average Bonchev–Trinajstić information content (AvgIpc) is 3.31. The number of hydrogen-bond acceptors (Lipinski definition) is 5. The molecule has 0 radical (unpaired) electrons. The van der Waals surface area contributed by atoms with Crippen molar-refractivity contribution >= 4 is 29.3 Å². The summed E-state index contributed by atoms with van der Waals surface area (Å²) in [5.74, 6) is -0.357. The Labute approximate surface area is 206 Å². The van der Waals surface area contributed by atoms with Crippen molar-refractivity contribution in [1.82, 2.24) is 20.1 Å². The zero-order chi connectivity index (χ0) is 24.6. The number of anilines is 1. The van der Waals surface area contributed by atoms with Gasteiger partial charge in [0.1, 0.15) is 5.82 Å². The fourth-order valence-corrected chi connectivity index (χ4v) is 4.25. The molecule has 1 aromatic heterocycles. The number of para-hydroxylation sites is 2. The van der Waals surface area contributed by atoms with Crippen LogP contribution in [-0.4, -0.2) is 38.9 Å². The summed E-state index contributed by atoms with van der Waals surface area (Å²) < 4.78 is 15.2. The Morgan fingerprint density at radius 1 is 0.914 bits per heavy atom. The van der Waals surface area contributed by atoms with Crippen LogP contribution in [0.2, 0.25) is 0 Å². The molecule has 1 heterocycles. The van der Waals surface area contributed by atoms with Crippen molar-refractivity contribution in [2.75, 3.05) is 17.6 Å². The van der Waals surface area contributed by atoms with Crippen LogP contribution in [0.4, 0.5) is 10.1 Å². The summed E-state index contributed by atoms with van der Waals surface area (Å²) in [5, 5.41) is 14.5. The lowest BCUT2D eigenvalue weighted by atomic mass is 10.1. The number of carbonyl (C=O) groups is 2. The third-order valence-corrected chi connectivity index (χ3v) is 6.13. The molecular weight excluding hydrogens is 465 g/mol. The number of benzene rings is 3. The van der Waals surface area contributed by atoms with Gasteiger partial charge in [-0.2, -0.15) is 0 Å². The Morgan fingerprint density at radius 3 is 2.37 bits per heavy atom. The molecule has 7 nitrogen and oxygen atoms in total. The van der Waals surface area contributed by atoms with Gasteiger partial charge in [-0.1, -0.05) is 55.1 Å². The quantitative estimate of drug-likeness (QED) is 0.339. The third-order valence-electron chi connectivity index (χ3n) is 5.20. The topological polar surface area (TPSA) is 88.9 Å². The van der Waals surface area contributed by atoms with Crippen LogP contribution < -0.4 is 10.6 Å². The Bertz CT molecular complexity index is 1310. The molecule has 9 heteroatoms. The van der Waals surface area contributed by atoms with Crippen LogP contribution >= 0.6 is 11.8 Å². The van der Waals surface area contributed by atoms with Crippen molar-refractivity contribution in [3.8, 4) is 17.1 Å². The molecule has 0 spiro atoms. The number of aryl methyl sites for hydroxylation is 1. The molecule has 0 bridgehead atoms. The lowest BCUT2D eigenvalue weighted by molar-refractivity contribution is -0.122. The van der Waals surface area contributed by atoms with Gasteiger partial charge >= 0.3 is 0 Å². The minimum absolute atomic E-state index is 0.0488. The molecule has 4 rings (SSSR count). The first-order valence-corrected chi connectivity index (χ1v) is 12.1. The van der Waals surface area contributed by atoms with E-state index < -0.39 is 0 Å². The predicted molar refractivity (Wildman–Crippen MR) is 135 cm³/mol.